The van der Waals surface area contributed by atoms with Crippen molar-refractivity contribution in [2.45, 2.75) is 78.4 Å². The van der Waals surface area contributed by atoms with Crippen LogP contribution < -0.4 is 16.1 Å². The first kappa shape index (κ1) is 33.1. The number of aryl methyl sites for hydroxylation is 1. The lowest BCUT2D eigenvalue weighted by molar-refractivity contribution is -0.148. The Hall–Kier alpha value is -3.83. The van der Waals surface area contributed by atoms with Gasteiger partial charge in [0.15, 0.2) is 0 Å². The predicted molar refractivity (Wildman–Crippen MR) is 167 cm³/mol. The number of aliphatic carboxylic acids is 1. The number of carbonyl (C=O) groups excluding carboxylic acids is 3. The predicted octanol–water partition coefficient (Wildman–Crippen LogP) is 3.08. The molecule has 0 aliphatic carbocycles. The molecule has 11 nitrogen and oxygen atoms in total. The molecule has 2 saturated heterocycles. The third kappa shape index (κ3) is 7.62. The topological polar surface area (TPSA) is 150 Å². The second-order valence-corrected chi connectivity index (χ2v) is 12.4. The van der Waals surface area contributed by atoms with Gasteiger partial charge in [0.25, 0.3) is 5.91 Å². The first-order valence-electron chi connectivity index (χ1n) is 15.5. The van der Waals surface area contributed by atoms with E-state index in [-0.39, 0.29) is 17.7 Å². The van der Waals surface area contributed by atoms with Crippen LogP contribution in [0.5, 0.6) is 0 Å². The van der Waals surface area contributed by atoms with Gasteiger partial charge in [0.05, 0.1) is 17.5 Å². The minimum absolute atomic E-state index is 0.0900. The van der Waals surface area contributed by atoms with Gasteiger partial charge < -0.3 is 20.5 Å². The van der Waals surface area contributed by atoms with Gasteiger partial charge >= 0.3 is 5.97 Å². The van der Waals surface area contributed by atoms with Gasteiger partial charge in [-0.05, 0) is 63.1 Å². The Balaban J connectivity index is 1.49. The van der Waals surface area contributed by atoms with Crippen molar-refractivity contribution in [1.29, 1.82) is 0 Å². The molecule has 4 N–H and O–H groups in total. The molecular weight excluding hydrogens is 562 g/mol. The molecule has 44 heavy (non-hydrogen) atoms. The number of nitrogens with zero attached hydrogens (tertiary/aromatic N) is 2. The Morgan fingerprint density at radius 3 is 2.57 bits per heavy atom. The summed E-state index contributed by atoms with van der Waals surface area (Å²) in [6, 6.07) is 7.42. The SMILES string of the molecule is CCc1ccc2ccc(/C=C/C(C)(C(=O)NC(C(=O)NC(C)C(=O)N3CCCC(C(=O)O)N3)C(C)C)C3CCOC3)cc2n1. The molecule has 2 fully saturated rings. The average molecular weight is 608 g/mol. The van der Waals surface area contributed by atoms with E-state index in [9.17, 15) is 24.3 Å². The summed E-state index contributed by atoms with van der Waals surface area (Å²) in [7, 11) is 0. The van der Waals surface area contributed by atoms with Crippen LogP contribution in [0.3, 0.4) is 0 Å². The number of ether oxygens (including phenoxy) is 1. The fourth-order valence-electron chi connectivity index (χ4n) is 5.70. The monoisotopic (exact) mass is 607 g/mol. The number of hydrogen-bond acceptors (Lipinski definition) is 7. The largest absolute Gasteiger partial charge is 0.480 e. The van der Waals surface area contributed by atoms with Crippen LogP contribution in [0.1, 0.15) is 65.1 Å². The number of hydrazine groups is 1. The summed E-state index contributed by atoms with van der Waals surface area (Å²) >= 11 is 0. The van der Waals surface area contributed by atoms with Crippen LogP contribution in [0.25, 0.3) is 17.0 Å². The summed E-state index contributed by atoms with van der Waals surface area (Å²) in [4.78, 5) is 56.6. The quantitative estimate of drug-likeness (QED) is 0.305. The minimum Gasteiger partial charge on any atom is -0.480 e. The second-order valence-electron chi connectivity index (χ2n) is 12.4. The Morgan fingerprint density at radius 2 is 1.91 bits per heavy atom. The Morgan fingerprint density at radius 1 is 1.16 bits per heavy atom. The number of benzene rings is 1. The van der Waals surface area contributed by atoms with E-state index in [4.69, 9.17) is 9.72 Å². The zero-order valence-corrected chi connectivity index (χ0v) is 26.3. The molecule has 4 rings (SSSR count). The number of carboxylic acid groups (broad SMARTS) is 1. The molecule has 3 amide bonds. The van der Waals surface area contributed by atoms with Crippen LogP contribution in [0.15, 0.2) is 36.4 Å². The van der Waals surface area contributed by atoms with E-state index in [1.807, 2.05) is 57.2 Å². The molecule has 2 aromatic rings. The maximum Gasteiger partial charge on any atom is 0.322 e. The molecule has 1 aromatic carbocycles. The van der Waals surface area contributed by atoms with E-state index in [0.29, 0.717) is 39.0 Å². The fraction of sp³-hybridized carbons (Fsp3) is 0.545. The van der Waals surface area contributed by atoms with Crippen molar-refractivity contribution in [3.8, 4) is 0 Å². The number of aromatic nitrogens is 1. The molecule has 2 aliphatic heterocycles. The molecule has 0 saturated carbocycles. The number of nitrogens with one attached hydrogen (secondary N) is 3. The minimum atomic E-state index is -1.03. The molecule has 0 radical (unpaired) electrons. The average Bonchev–Trinajstić information content (AvgIpc) is 3.57. The number of carbonyl (C=O) groups is 4. The van der Waals surface area contributed by atoms with Crippen molar-refractivity contribution in [2.75, 3.05) is 19.8 Å². The lowest BCUT2D eigenvalue weighted by Gasteiger charge is -2.35. The number of carboxylic acids is 1. The number of fused-ring (bicyclic) bond motifs is 1. The summed E-state index contributed by atoms with van der Waals surface area (Å²) in [6.45, 7) is 10.5. The van der Waals surface area contributed by atoms with E-state index in [0.717, 1.165) is 28.6 Å². The van der Waals surface area contributed by atoms with Gasteiger partial charge in [-0.1, -0.05) is 51.1 Å². The van der Waals surface area contributed by atoms with E-state index in [1.54, 1.807) is 6.92 Å². The van der Waals surface area contributed by atoms with Crippen LogP contribution in [-0.2, 0) is 30.3 Å². The number of amides is 3. The lowest BCUT2D eigenvalue weighted by Crippen LogP contribution is -2.61. The van der Waals surface area contributed by atoms with Gasteiger partial charge in [0.1, 0.15) is 18.1 Å². The van der Waals surface area contributed by atoms with Gasteiger partial charge in [0.2, 0.25) is 11.8 Å². The highest BCUT2D eigenvalue weighted by Crippen LogP contribution is 2.36. The highest BCUT2D eigenvalue weighted by Gasteiger charge is 2.43. The summed E-state index contributed by atoms with van der Waals surface area (Å²) in [5.74, 6) is -2.61. The third-order valence-corrected chi connectivity index (χ3v) is 8.74. The molecule has 0 bridgehead atoms. The third-order valence-electron chi connectivity index (χ3n) is 8.74. The Kier molecular flexibility index (Phi) is 10.7. The number of hydrogen-bond donors (Lipinski definition) is 4. The van der Waals surface area contributed by atoms with Gasteiger partial charge in [-0.2, -0.15) is 0 Å². The molecule has 3 heterocycles. The highest BCUT2D eigenvalue weighted by molar-refractivity contribution is 5.94. The molecule has 5 atom stereocenters. The molecular formula is C33H45N5O6. The first-order valence-corrected chi connectivity index (χ1v) is 15.5. The van der Waals surface area contributed by atoms with Crippen LogP contribution >= 0.6 is 0 Å². The first-order chi connectivity index (χ1) is 20.9. The normalized spacial score (nSPS) is 21.6. The van der Waals surface area contributed by atoms with Gasteiger partial charge in [-0.25, -0.2) is 5.43 Å². The summed E-state index contributed by atoms with van der Waals surface area (Å²) in [5, 5.41) is 17.3. The Bertz CT molecular complexity index is 1400. The zero-order valence-electron chi connectivity index (χ0n) is 26.3. The standard InChI is InChI=1S/C33H45N5O6/c1-6-25-12-11-23-10-9-22(18-27(23)35-25)13-15-33(5,24-14-17-44-19-24)32(43)36-28(20(2)3)29(39)34-21(4)30(40)38-16-7-8-26(37-38)31(41)42/h9-13,15,18,20-21,24,26,28,37H,6-8,14,16-17,19H2,1-5H3,(H,34,39)(H,36,43)(H,41,42)/b15-13+. The maximum atomic E-state index is 14.0. The molecule has 5 unspecified atom stereocenters. The van der Waals surface area contributed by atoms with Crippen LogP contribution in [0, 0.1) is 17.3 Å². The maximum absolute atomic E-state index is 14.0. The smallest absolute Gasteiger partial charge is 0.322 e. The molecule has 238 valence electrons. The van der Waals surface area contributed by atoms with Crippen molar-refractivity contribution in [3.63, 3.8) is 0 Å². The van der Waals surface area contributed by atoms with Crippen molar-refractivity contribution in [3.05, 3.63) is 47.7 Å². The van der Waals surface area contributed by atoms with Gasteiger partial charge in [-0.15, -0.1) is 0 Å². The van der Waals surface area contributed by atoms with E-state index in [1.165, 1.54) is 5.01 Å². The van der Waals surface area contributed by atoms with Crippen LogP contribution in [-0.4, -0.2) is 76.7 Å². The summed E-state index contributed by atoms with van der Waals surface area (Å²) in [5.41, 5.74) is 4.57. The summed E-state index contributed by atoms with van der Waals surface area (Å²) < 4.78 is 5.66. The van der Waals surface area contributed by atoms with Crippen molar-refractivity contribution in [1.82, 2.24) is 26.1 Å². The van der Waals surface area contributed by atoms with Gasteiger partial charge in [-0.3, -0.25) is 29.2 Å². The molecule has 2 aliphatic rings. The Labute approximate surface area is 258 Å². The van der Waals surface area contributed by atoms with E-state index in [2.05, 4.69) is 29.0 Å². The van der Waals surface area contributed by atoms with Gasteiger partial charge in [0, 0.05) is 30.1 Å². The van der Waals surface area contributed by atoms with Crippen LogP contribution in [0.4, 0.5) is 0 Å². The second kappa shape index (κ2) is 14.3. The van der Waals surface area contributed by atoms with Crippen LogP contribution in [0.2, 0.25) is 0 Å². The summed E-state index contributed by atoms with van der Waals surface area (Å²) in [6.07, 6.45) is 6.32. The zero-order chi connectivity index (χ0) is 32.0. The number of rotatable bonds is 11. The lowest BCUT2D eigenvalue weighted by atomic mass is 9.74. The van der Waals surface area contributed by atoms with Crippen molar-refractivity contribution < 1.29 is 29.0 Å². The number of pyridine rings is 1. The molecule has 0 spiro atoms. The van der Waals surface area contributed by atoms with E-state index >= 15 is 0 Å². The van der Waals surface area contributed by atoms with Crippen molar-refractivity contribution in [2.24, 2.45) is 17.3 Å². The van der Waals surface area contributed by atoms with E-state index < -0.39 is 41.3 Å². The highest BCUT2D eigenvalue weighted by atomic mass is 16.5. The van der Waals surface area contributed by atoms with Crippen molar-refractivity contribution >= 4 is 40.7 Å². The molecule has 11 heteroatoms. The fourth-order valence-corrected chi connectivity index (χ4v) is 5.70. The molecule has 1 aromatic heterocycles.